The van der Waals surface area contributed by atoms with Gasteiger partial charge in [0.1, 0.15) is 0 Å². The van der Waals surface area contributed by atoms with Crippen LogP contribution in [0, 0.1) is 0 Å². The molecule has 1 aliphatic heterocycles. The van der Waals surface area contributed by atoms with E-state index in [4.69, 9.17) is 22.1 Å². The Labute approximate surface area is 114 Å². The van der Waals surface area contributed by atoms with Crippen LogP contribution in [0.3, 0.4) is 0 Å². The molecule has 0 unspecified atom stereocenters. The van der Waals surface area contributed by atoms with Crippen molar-refractivity contribution in [1.82, 2.24) is 0 Å². The van der Waals surface area contributed by atoms with Crippen molar-refractivity contribution in [3.63, 3.8) is 0 Å². The molecule has 0 atom stereocenters. The molecule has 4 heteroatoms. The summed E-state index contributed by atoms with van der Waals surface area (Å²) in [5, 5.41) is 0.710. The monoisotopic (exact) mass is 268 g/mol. The molecule has 1 aliphatic rings. The van der Waals surface area contributed by atoms with Crippen molar-refractivity contribution in [3.05, 3.63) is 23.2 Å². The molecule has 0 aliphatic carbocycles. The Morgan fingerprint density at radius 2 is 1.72 bits per heavy atom. The van der Waals surface area contributed by atoms with Crippen LogP contribution in [0.4, 0.5) is 11.4 Å². The first kappa shape index (κ1) is 13.5. The summed E-state index contributed by atoms with van der Waals surface area (Å²) < 4.78 is 6.07. The van der Waals surface area contributed by atoms with E-state index < -0.39 is 0 Å². The zero-order valence-electron chi connectivity index (χ0n) is 11.5. The molecule has 1 saturated heterocycles. The van der Waals surface area contributed by atoms with Gasteiger partial charge in [0.15, 0.2) is 0 Å². The van der Waals surface area contributed by atoms with Crippen LogP contribution in [-0.2, 0) is 4.74 Å². The Bertz CT molecular complexity index is 441. The lowest BCUT2D eigenvalue weighted by Gasteiger charge is -2.48. The van der Waals surface area contributed by atoms with Gasteiger partial charge in [0.05, 0.1) is 22.6 Å². The summed E-state index contributed by atoms with van der Waals surface area (Å²) in [4.78, 5) is 2.25. The van der Waals surface area contributed by atoms with Crippen molar-refractivity contribution in [2.75, 3.05) is 23.7 Å². The van der Waals surface area contributed by atoms with Crippen LogP contribution < -0.4 is 10.6 Å². The molecule has 0 aromatic heterocycles. The number of rotatable bonds is 1. The molecule has 1 heterocycles. The van der Waals surface area contributed by atoms with Crippen LogP contribution in [0.15, 0.2) is 18.2 Å². The lowest BCUT2D eigenvalue weighted by atomic mass is 9.98. The van der Waals surface area contributed by atoms with Gasteiger partial charge >= 0.3 is 0 Å². The summed E-state index contributed by atoms with van der Waals surface area (Å²) in [5.74, 6) is 0. The number of anilines is 2. The molecule has 0 bridgehead atoms. The van der Waals surface area contributed by atoms with Gasteiger partial charge in [-0.3, -0.25) is 0 Å². The van der Waals surface area contributed by atoms with Gasteiger partial charge in [0.25, 0.3) is 0 Å². The van der Waals surface area contributed by atoms with Crippen molar-refractivity contribution in [3.8, 4) is 0 Å². The maximum absolute atomic E-state index is 6.07. The van der Waals surface area contributed by atoms with Crippen molar-refractivity contribution in [2.24, 2.45) is 0 Å². The van der Waals surface area contributed by atoms with Crippen LogP contribution in [0.1, 0.15) is 27.7 Å². The van der Waals surface area contributed by atoms with E-state index in [0.717, 1.165) is 24.5 Å². The van der Waals surface area contributed by atoms with Crippen molar-refractivity contribution >= 4 is 23.0 Å². The molecular weight excluding hydrogens is 248 g/mol. The maximum atomic E-state index is 6.07. The first-order chi connectivity index (χ1) is 8.19. The smallest absolute Gasteiger partial charge is 0.0808 e. The highest BCUT2D eigenvalue weighted by molar-refractivity contribution is 6.31. The third-order valence-electron chi connectivity index (χ3n) is 3.03. The zero-order chi connectivity index (χ0) is 13.6. The van der Waals surface area contributed by atoms with Crippen molar-refractivity contribution in [2.45, 2.75) is 38.9 Å². The van der Waals surface area contributed by atoms with E-state index in [-0.39, 0.29) is 11.2 Å². The molecule has 1 fully saturated rings. The fraction of sp³-hybridized carbons (Fsp3) is 0.571. The van der Waals surface area contributed by atoms with E-state index in [2.05, 4.69) is 32.6 Å². The molecule has 0 radical (unpaired) electrons. The molecule has 2 N–H and O–H groups in total. The maximum Gasteiger partial charge on any atom is 0.0808 e. The van der Waals surface area contributed by atoms with Gasteiger partial charge in [-0.25, -0.2) is 0 Å². The minimum atomic E-state index is -0.198. The van der Waals surface area contributed by atoms with E-state index in [0.29, 0.717) is 5.02 Å². The van der Waals surface area contributed by atoms with Gasteiger partial charge in [0, 0.05) is 18.1 Å². The van der Waals surface area contributed by atoms with Crippen molar-refractivity contribution in [1.29, 1.82) is 0 Å². The third kappa shape index (κ3) is 2.90. The molecular formula is C14H21ClN2O. The number of nitrogens with zero attached hydrogens (tertiary/aromatic N) is 1. The van der Waals surface area contributed by atoms with Crippen LogP contribution >= 0.6 is 11.6 Å². The van der Waals surface area contributed by atoms with Gasteiger partial charge < -0.3 is 15.4 Å². The number of ether oxygens (including phenoxy) is 1. The number of benzene rings is 1. The zero-order valence-corrected chi connectivity index (χ0v) is 12.2. The normalized spacial score (nSPS) is 21.9. The predicted molar refractivity (Wildman–Crippen MR) is 77.3 cm³/mol. The Kier molecular flexibility index (Phi) is 3.24. The lowest BCUT2D eigenvalue weighted by molar-refractivity contribution is -0.133. The fourth-order valence-electron chi connectivity index (χ4n) is 2.75. The summed E-state index contributed by atoms with van der Waals surface area (Å²) in [7, 11) is 0. The van der Waals surface area contributed by atoms with E-state index in [1.54, 1.807) is 0 Å². The number of hydrogen-bond donors (Lipinski definition) is 1. The molecule has 3 nitrogen and oxygen atoms in total. The number of nitrogens with two attached hydrogens (primary N) is 1. The van der Waals surface area contributed by atoms with E-state index in [1.165, 1.54) is 0 Å². The number of nitrogen functional groups attached to an aromatic ring is 1. The first-order valence-corrected chi connectivity index (χ1v) is 6.57. The number of hydrogen-bond acceptors (Lipinski definition) is 3. The Balaban J connectivity index is 2.35. The highest BCUT2D eigenvalue weighted by atomic mass is 35.5. The van der Waals surface area contributed by atoms with Crippen molar-refractivity contribution < 1.29 is 4.74 Å². The van der Waals surface area contributed by atoms with Gasteiger partial charge in [-0.1, -0.05) is 11.6 Å². The third-order valence-corrected chi connectivity index (χ3v) is 3.26. The molecule has 18 heavy (non-hydrogen) atoms. The summed E-state index contributed by atoms with van der Waals surface area (Å²) in [6, 6.07) is 5.60. The first-order valence-electron chi connectivity index (χ1n) is 6.19. The Morgan fingerprint density at radius 1 is 1.17 bits per heavy atom. The Morgan fingerprint density at radius 3 is 2.28 bits per heavy atom. The van der Waals surface area contributed by atoms with Crippen LogP contribution in [-0.4, -0.2) is 24.3 Å². The highest BCUT2D eigenvalue weighted by Crippen LogP contribution is 2.35. The molecule has 1 aromatic rings. The van der Waals surface area contributed by atoms with E-state index in [9.17, 15) is 0 Å². The minimum Gasteiger partial charge on any atom is -0.397 e. The fourth-order valence-corrected chi connectivity index (χ4v) is 2.92. The number of halogens is 1. The van der Waals surface area contributed by atoms with Gasteiger partial charge in [-0.15, -0.1) is 0 Å². The summed E-state index contributed by atoms with van der Waals surface area (Å²) >= 11 is 6.06. The van der Waals surface area contributed by atoms with Gasteiger partial charge in [0.2, 0.25) is 0 Å². The summed E-state index contributed by atoms with van der Waals surface area (Å²) in [5.41, 5.74) is 7.41. The summed E-state index contributed by atoms with van der Waals surface area (Å²) in [6.07, 6.45) is 0. The van der Waals surface area contributed by atoms with Gasteiger partial charge in [-0.05, 0) is 45.9 Å². The second-order valence-corrected chi connectivity index (χ2v) is 6.62. The highest BCUT2D eigenvalue weighted by Gasteiger charge is 2.38. The molecule has 2 rings (SSSR count). The summed E-state index contributed by atoms with van der Waals surface area (Å²) in [6.45, 7) is 10.0. The second kappa shape index (κ2) is 4.32. The average molecular weight is 269 g/mol. The van der Waals surface area contributed by atoms with Gasteiger partial charge in [-0.2, -0.15) is 0 Å². The SMILES string of the molecule is CC1(C)CN(c2cc(Cl)ccc2N)CC(C)(C)O1. The average Bonchev–Trinajstić information content (AvgIpc) is 2.17. The quantitative estimate of drug-likeness (QED) is 0.794. The van der Waals surface area contributed by atoms with E-state index in [1.807, 2.05) is 18.2 Å². The largest absolute Gasteiger partial charge is 0.397 e. The lowest BCUT2D eigenvalue weighted by Crippen LogP contribution is -2.57. The van der Waals surface area contributed by atoms with Crippen LogP contribution in [0.5, 0.6) is 0 Å². The van der Waals surface area contributed by atoms with Crippen LogP contribution in [0.2, 0.25) is 5.02 Å². The van der Waals surface area contributed by atoms with E-state index >= 15 is 0 Å². The predicted octanol–water partition coefficient (Wildman–Crippen LogP) is 3.32. The molecule has 0 saturated carbocycles. The Hall–Kier alpha value is -0.930. The number of morpholine rings is 1. The van der Waals surface area contributed by atoms with Crippen LogP contribution in [0.25, 0.3) is 0 Å². The minimum absolute atomic E-state index is 0.198. The standard InChI is InChI=1S/C14H21ClN2O/c1-13(2)8-17(9-14(3,4)18-13)12-7-10(15)5-6-11(12)16/h5-7H,8-9,16H2,1-4H3. The topological polar surface area (TPSA) is 38.5 Å². The second-order valence-electron chi connectivity index (χ2n) is 6.18. The molecule has 0 amide bonds. The molecule has 1 aromatic carbocycles. The molecule has 0 spiro atoms. The molecule has 100 valence electrons.